The minimum absolute atomic E-state index is 0.165. The van der Waals surface area contributed by atoms with Gasteiger partial charge in [-0.25, -0.2) is 9.59 Å². The van der Waals surface area contributed by atoms with Gasteiger partial charge in [0, 0.05) is 12.7 Å². The Labute approximate surface area is 126 Å². The summed E-state index contributed by atoms with van der Waals surface area (Å²) >= 11 is 5.98. The van der Waals surface area contributed by atoms with Crippen molar-refractivity contribution in [1.29, 1.82) is 0 Å². The highest BCUT2D eigenvalue weighted by Crippen LogP contribution is 2.22. The standard InChI is InChI=1S/C15H13ClN2O3/c1-18(11-8-6-10(7-9-11)14(19)20)15(21)17-13-5-3-2-4-12(13)16/h2-9H,1H3,(H,17,21)(H,19,20). The lowest BCUT2D eigenvalue weighted by atomic mass is 10.2. The lowest BCUT2D eigenvalue weighted by molar-refractivity contribution is 0.0697. The van der Waals surface area contributed by atoms with Crippen molar-refractivity contribution in [1.82, 2.24) is 0 Å². The molecule has 0 radical (unpaired) electrons. The first-order valence-corrected chi connectivity index (χ1v) is 6.49. The number of para-hydroxylation sites is 1. The van der Waals surface area contributed by atoms with Gasteiger partial charge in [-0.2, -0.15) is 0 Å². The molecule has 0 spiro atoms. The molecule has 0 fully saturated rings. The predicted molar refractivity (Wildman–Crippen MR) is 82.3 cm³/mol. The number of hydrogen-bond acceptors (Lipinski definition) is 2. The number of carboxylic acid groups (broad SMARTS) is 1. The molecule has 108 valence electrons. The Morgan fingerprint density at radius 2 is 1.71 bits per heavy atom. The van der Waals surface area contributed by atoms with Gasteiger partial charge in [0.1, 0.15) is 0 Å². The van der Waals surface area contributed by atoms with Gasteiger partial charge in [0.05, 0.1) is 16.3 Å². The van der Waals surface area contributed by atoms with Crippen molar-refractivity contribution in [3.63, 3.8) is 0 Å². The molecule has 0 bridgehead atoms. The Bertz CT molecular complexity index is 671. The molecule has 6 heteroatoms. The predicted octanol–water partition coefficient (Wildman–Crippen LogP) is 3.71. The van der Waals surface area contributed by atoms with Crippen LogP contribution in [0.15, 0.2) is 48.5 Å². The van der Waals surface area contributed by atoms with E-state index in [1.807, 2.05) is 0 Å². The summed E-state index contributed by atoms with van der Waals surface area (Å²) in [5.74, 6) is -1.01. The van der Waals surface area contributed by atoms with Crippen molar-refractivity contribution in [3.05, 3.63) is 59.1 Å². The van der Waals surface area contributed by atoms with Crippen LogP contribution in [0.2, 0.25) is 5.02 Å². The minimum atomic E-state index is -1.01. The highest BCUT2D eigenvalue weighted by Gasteiger charge is 2.13. The van der Waals surface area contributed by atoms with E-state index >= 15 is 0 Å². The number of carbonyl (C=O) groups is 2. The molecule has 0 aromatic heterocycles. The number of hydrogen-bond donors (Lipinski definition) is 2. The van der Waals surface area contributed by atoms with Crippen molar-refractivity contribution in [2.24, 2.45) is 0 Å². The number of amides is 2. The average molecular weight is 305 g/mol. The van der Waals surface area contributed by atoms with E-state index in [2.05, 4.69) is 5.32 Å². The van der Waals surface area contributed by atoms with E-state index < -0.39 is 5.97 Å². The topological polar surface area (TPSA) is 69.6 Å². The summed E-state index contributed by atoms with van der Waals surface area (Å²) in [5, 5.41) is 12.0. The molecule has 2 aromatic carbocycles. The fourth-order valence-corrected chi connectivity index (χ4v) is 1.89. The lowest BCUT2D eigenvalue weighted by Gasteiger charge is -2.18. The monoisotopic (exact) mass is 304 g/mol. The van der Waals surface area contributed by atoms with Gasteiger partial charge in [-0.1, -0.05) is 23.7 Å². The summed E-state index contributed by atoms with van der Waals surface area (Å²) in [5.41, 5.74) is 1.25. The SMILES string of the molecule is CN(C(=O)Nc1ccccc1Cl)c1ccc(C(=O)O)cc1. The number of nitrogens with zero attached hydrogens (tertiary/aromatic N) is 1. The largest absolute Gasteiger partial charge is 0.478 e. The number of halogens is 1. The molecule has 0 saturated heterocycles. The third-order valence-corrected chi connectivity index (χ3v) is 3.25. The quantitative estimate of drug-likeness (QED) is 0.908. The Kier molecular flexibility index (Phi) is 4.45. The maximum absolute atomic E-state index is 12.1. The fraction of sp³-hybridized carbons (Fsp3) is 0.0667. The van der Waals surface area contributed by atoms with Crippen molar-refractivity contribution in [2.45, 2.75) is 0 Å². The van der Waals surface area contributed by atoms with Crippen LogP contribution in [0.1, 0.15) is 10.4 Å². The lowest BCUT2D eigenvalue weighted by Crippen LogP contribution is -2.31. The molecule has 2 N–H and O–H groups in total. The number of anilines is 2. The third kappa shape index (κ3) is 3.52. The fourth-order valence-electron chi connectivity index (χ4n) is 1.71. The molecule has 5 nitrogen and oxygen atoms in total. The maximum Gasteiger partial charge on any atom is 0.335 e. The van der Waals surface area contributed by atoms with Gasteiger partial charge >= 0.3 is 12.0 Å². The highest BCUT2D eigenvalue weighted by molar-refractivity contribution is 6.33. The molecule has 0 saturated carbocycles. The second kappa shape index (κ2) is 6.28. The Hall–Kier alpha value is -2.53. The van der Waals surface area contributed by atoms with Crippen LogP contribution >= 0.6 is 11.6 Å². The van der Waals surface area contributed by atoms with Crippen molar-refractivity contribution in [2.75, 3.05) is 17.3 Å². The molecule has 0 unspecified atom stereocenters. The maximum atomic E-state index is 12.1. The van der Waals surface area contributed by atoms with Crippen molar-refractivity contribution in [3.8, 4) is 0 Å². The number of carboxylic acids is 1. The van der Waals surface area contributed by atoms with Gasteiger partial charge in [0.25, 0.3) is 0 Å². The van der Waals surface area contributed by atoms with Gasteiger partial charge in [-0.15, -0.1) is 0 Å². The molecule has 2 amide bonds. The van der Waals surface area contributed by atoms with E-state index in [1.165, 1.54) is 17.0 Å². The van der Waals surface area contributed by atoms with Crippen molar-refractivity contribution < 1.29 is 14.7 Å². The van der Waals surface area contributed by atoms with Crippen LogP contribution < -0.4 is 10.2 Å². The molecule has 0 atom stereocenters. The van der Waals surface area contributed by atoms with Gasteiger partial charge in [0.15, 0.2) is 0 Å². The number of rotatable bonds is 3. The molecule has 0 heterocycles. The summed E-state index contributed by atoms with van der Waals surface area (Å²) < 4.78 is 0. The Balaban J connectivity index is 2.12. The average Bonchev–Trinajstić information content (AvgIpc) is 2.49. The van der Waals surface area contributed by atoms with Crippen molar-refractivity contribution >= 4 is 35.0 Å². The van der Waals surface area contributed by atoms with Crippen LogP contribution in [0.4, 0.5) is 16.2 Å². The molecule has 2 rings (SSSR count). The first-order chi connectivity index (χ1) is 9.99. The zero-order chi connectivity index (χ0) is 15.4. The van der Waals surface area contributed by atoms with Crippen LogP contribution in [0, 0.1) is 0 Å². The van der Waals surface area contributed by atoms with Crippen LogP contribution in [0.25, 0.3) is 0 Å². The van der Waals surface area contributed by atoms with Crippen LogP contribution in [-0.2, 0) is 0 Å². The second-order valence-electron chi connectivity index (χ2n) is 4.32. The zero-order valence-corrected chi connectivity index (χ0v) is 12.0. The Morgan fingerprint density at radius 3 is 2.29 bits per heavy atom. The Morgan fingerprint density at radius 1 is 1.10 bits per heavy atom. The first-order valence-electron chi connectivity index (χ1n) is 6.11. The minimum Gasteiger partial charge on any atom is -0.478 e. The first kappa shape index (κ1) is 14.9. The summed E-state index contributed by atoms with van der Waals surface area (Å²) in [6, 6.07) is 12.6. The van der Waals surface area contributed by atoms with E-state index in [0.29, 0.717) is 16.4 Å². The van der Waals surface area contributed by atoms with E-state index in [1.54, 1.807) is 43.4 Å². The van der Waals surface area contributed by atoms with E-state index in [4.69, 9.17) is 16.7 Å². The van der Waals surface area contributed by atoms with Crippen LogP contribution in [0.5, 0.6) is 0 Å². The third-order valence-electron chi connectivity index (χ3n) is 2.92. The smallest absolute Gasteiger partial charge is 0.335 e. The number of carbonyl (C=O) groups excluding carboxylic acids is 1. The normalized spacial score (nSPS) is 10.0. The van der Waals surface area contributed by atoms with Gasteiger partial charge in [-0.05, 0) is 36.4 Å². The molecule has 21 heavy (non-hydrogen) atoms. The summed E-state index contributed by atoms with van der Waals surface area (Å²) in [6.45, 7) is 0. The zero-order valence-electron chi connectivity index (χ0n) is 11.2. The highest BCUT2D eigenvalue weighted by atomic mass is 35.5. The molecule has 2 aromatic rings. The summed E-state index contributed by atoms with van der Waals surface area (Å²) in [6.07, 6.45) is 0. The second-order valence-corrected chi connectivity index (χ2v) is 4.73. The van der Waals surface area contributed by atoms with Crippen LogP contribution in [0.3, 0.4) is 0 Å². The molecular formula is C15H13ClN2O3. The number of aromatic carboxylic acids is 1. The number of benzene rings is 2. The van der Waals surface area contributed by atoms with E-state index in [9.17, 15) is 9.59 Å². The van der Waals surface area contributed by atoms with Gasteiger partial charge in [0.2, 0.25) is 0 Å². The van der Waals surface area contributed by atoms with E-state index in [0.717, 1.165) is 0 Å². The summed E-state index contributed by atoms with van der Waals surface area (Å²) in [4.78, 5) is 24.3. The molecule has 0 aliphatic rings. The van der Waals surface area contributed by atoms with Gasteiger partial charge < -0.3 is 10.4 Å². The molecule has 0 aliphatic carbocycles. The molecule has 0 aliphatic heterocycles. The number of urea groups is 1. The number of nitrogens with one attached hydrogen (secondary N) is 1. The molecular weight excluding hydrogens is 292 g/mol. The van der Waals surface area contributed by atoms with Gasteiger partial charge in [-0.3, -0.25) is 4.90 Å². The summed E-state index contributed by atoms with van der Waals surface area (Å²) in [7, 11) is 1.59. The van der Waals surface area contributed by atoms with E-state index in [-0.39, 0.29) is 11.6 Å². The van der Waals surface area contributed by atoms with Crippen LogP contribution in [-0.4, -0.2) is 24.2 Å².